The summed E-state index contributed by atoms with van der Waals surface area (Å²) < 4.78 is 11.7. The van der Waals surface area contributed by atoms with Crippen LogP contribution in [0.25, 0.3) is 0 Å². The molecule has 0 atom stereocenters. The fourth-order valence-corrected chi connectivity index (χ4v) is 1.67. The van der Waals surface area contributed by atoms with Crippen molar-refractivity contribution in [2.45, 2.75) is 26.4 Å². The van der Waals surface area contributed by atoms with Crippen LogP contribution in [-0.2, 0) is 19.5 Å². The Bertz CT molecular complexity index is 450. The number of rotatable bonds is 5. The summed E-state index contributed by atoms with van der Waals surface area (Å²) in [6.45, 7) is 3.29. The van der Waals surface area contributed by atoms with Gasteiger partial charge in [0, 0.05) is 6.42 Å². The third-order valence-corrected chi connectivity index (χ3v) is 2.91. The van der Waals surface area contributed by atoms with Crippen molar-refractivity contribution in [1.29, 1.82) is 0 Å². The Balaban J connectivity index is 1.82. The summed E-state index contributed by atoms with van der Waals surface area (Å²) in [5, 5.41) is 3.20. The van der Waals surface area contributed by atoms with E-state index in [-0.39, 0.29) is 0 Å². The minimum absolute atomic E-state index is 0.604. The molecule has 0 aliphatic heterocycles. The Morgan fingerprint density at radius 1 is 1.44 bits per heavy atom. The maximum Gasteiger partial charge on any atom is 0.208 e. The second-order valence-electron chi connectivity index (χ2n) is 3.37. The first kappa shape index (κ1) is 11.4. The van der Waals surface area contributed by atoms with Crippen LogP contribution in [0.4, 0.5) is 0 Å². The van der Waals surface area contributed by atoms with E-state index in [0.29, 0.717) is 19.0 Å². The molecule has 0 bridgehead atoms. The quantitative estimate of drug-likeness (QED) is 0.917. The van der Waals surface area contributed by atoms with Gasteiger partial charge in [0.25, 0.3) is 0 Å². The number of nitrogens with zero attached hydrogens (tertiary/aromatic N) is 1. The van der Waals surface area contributed by atoms with E-state index < -0.39 is 0 Å². The van der Waals surface area contributed by atoms with Crippen molar-refractivity contribution in [3.63, 3.8) is 0 Å². The number of furan rings is 1. The highest BCUT2D eigenvalue weighted by Crippen LogP contribution is 2.17. The van der Waals surface area contributed by atoms with Gasteiger partial charge < -0.3 is 14.2 Å². The van der Waals surface area contributed by atoms with Crippen LogP contribution in [-0.4, -0.2) is 4.98 Å². The lowest BCUT2D eigenvalue weighted by molar-refractivity contribution is 0.423. The Labute approximate surface area is 102 Å². The topological polar surface area (TPSA) is 51.2 Å². The molecule has 5 heteroatoms. The predicted molar refractivity (Wildman–Crippen MR) is 62.8 cm³/mol. The molecular formula is C11H13BrN2O2. The molecule has 2 heterocycles. The molecule has 4 nitrogen and oxygen atoms in total. The zero-order chi connectivity index (χ0) is 11.4. The van der Waals surface area contributed by atoms with Gasteiger partial charge in [0.2, 0.25) is 5.89 Å². The number of aryl methyl sites for hydroxylation is 1. The van der Waals surface area contributed by atoms with Crippen LogP contribution in [0.2, 0.25) is 0 Å². The third-order valence-electron chi connectivity index (χ3n) is 2.20. The Morgan fingerprint density at radius 2 is 2.31 bits per heavy atom. The average molecular weight is 285 g/mol. The predicted octanol–water partition coefficient (Wildman–Crippen LogP) is 2.88. The van der Waals surface area contributed by atoms with Gasteiger partial charge in [-0.25, -0.2) is 4.98 Å². The van der Waals surface area contributed by atoms with Gasteiger partial charge in [-0.15, -0.1) is 0 Å². The maximum atomic E-state index is 5.47. The molecule has 2 rings (SSSR count). The summed E-state index contributed by atoms with van der Waals surface area (Å²) in [5.74, 6) is 2.50. The molecule has 2 aromatic heterocycles. The lowest BCUT2D eigenvalue weighted by atomic mass is 10.4. The van der Waals surface area contributed by atoms with Gasteiger partial charge in [-0.05, 0) is 22.0 Å². The lowest BCUT2D eigenvalue weighted by Crippen LogP contribution is -2.12. The molecular weight excluding hydrogens is 272 g/mol. The number of aromatic nitrogens is 1. The van der Waals surface area contributed by atoms with E-state index in [2.05, 4.69) is 26.2 Å². The summed E-state index contributed by atoms with van der Waals surface area (Å²) in [6.07, 6.45) is 4.29. The molecule has 0 aliphatic rings. The van der Waals surface area contributed by atoms with Crippen molar-refractivity contribution in [2.24, 2.45) is 0 Å². The first-order valence-electron chi connectivity index (χ1n) is 5.15. The molecule has 0 fully saturated rings. The van der Waals surface area contributed by atoms with Gasteiger partial charge in [-0.1, -0.05) is 6.92 Å². The summed E-state index contributed by atoms with van der Waals surface area (Å²) >= 11 is 3.40. The summed E-state index contributed by atoms with van der Waals surface area (Å²) in [5.41, 5.74) is 0. The van der Waals surface area contributed by atoms with Gasteiger partial charge in [-0.3, -0.25) is 0 Å². The SMILES string of the molecule is CCc1cnc(CNCc2occc2Br)o1. The van der Waals surface area contributed by atoms with Crippen LogP contribution in [0.5, 0.6) is 0 Å². The molecule has 86 valence electrons. The molecule has 0 saturated heterocycles. The van der Waals surface area contributed by atoms with Crippen molar-refractivity contribution < 1.29 is 8.83 Å². The largest absolute Gasteiger partial charge is 0.467 e. The van der Waals surface area contributed by atoms with Crippen molar-refractivity contribution in [3.8, 4) is 0 Å². The van der Waals surface area contributed by atoms with E-state index in [4.69, 9.17) is 8.83 Å². The van der Waals surface area contributed by atoms with Crippen LogP contribution in [0, 0.1) is 0 Å². The van der Waals surface area contributed by atoms with Gasteiger partial charge in [0.15, 0.2) is 0 Å². The van der Waals surface area contributed by atoms with Crippen LogP contribution < -0.4 is 5.32 Å². The van der Waals surface area contributed by atoms with Crippen LogP contribution in [0.1, 0.15) is 24.3 Å². The zero-order valence-corrected chi connectivity index (χ0v) is 10.6. The second kappa shape index (κ2) is 5.32. The van der Waals surface area contributed by atoms with Gasteiger partial charge in [0.1, 0.15) is 11.5 Å². The highest BCUT2D eigenvalue weighted by atomic mass is 79.9. The van der Waals surface area contributed by atoms with E-state index in [9.17, 15) is 0 Å². The standard InChI is InChI=1S/C11H13BrN2O2/c1-2-8-5-14-11(16-8)7-13-6-10-9(12)3-4-15-10/h3-5,13H,2,6-7H2,1H3. The molecule has 0 unspecified atom stereocenters. The lowest BCUT2D eigenvalue weighted by Gasteiger charge is -1.99. The van der Waals surface area contributed by atoms with Gasteiger partial charge in [-0.2, -0.15) is 0 Å². The van der Waals surface area contributed by atoms with Crippen LogP contribution in [0.15, 0.2) is 31.8 Å². The monoisotopic (exact) mass is 284 g/mol. The molecule has 0 amide bonds. The van der Waals surface area contributed by atoms with E-state index >= 15 is 0 Å². The maximum absolute atomic E-state index is 5.47. The Morgan fingerprint density at radius 3 is 2.94 bits per heavy atom. The summed E-state index contributed by atoms with van der Waals surface area (Å²) in [4.78, 5) is 4.16. The molecule has 0 radical (unpaired) electrons. The highest BCUT2D eigenvalue weighted by Gasteiger charge is 2.05. The minimum atomic E-state index is 0.604. The normalized spacial score (nSPS) is 10.9. The number of nitrogens with one attached hydrogen (secondary N) is 1. The molecule has 0 aromatic carbocycles. The van der Waals surface area contributed by atoms with E-state index in [1.165, 1.54) is 0 Å². The number of hydrogen-bond acceptors (Lipinski definition) is 4. The summed E-state index contributed by atoms with van der Waals surface area (Å²) in [7, 11) is 0. The summed E-state index contributed by atoms with van der Waals surface area (Å²) in [6, 6.07) is 1.87. The fraction of sp³-hybridized carbons (Fsp3) is 0.364. The zero-order valence-electron chi connectivity index (χ0n) is 9.00. The molecule has 0 aliphatic carbocycles. The fourth-order valence-electron chi connectivity index (χ4n) is 1.33. The minimum Gasteiger partial charge on any atom is -0.467 e. The first-order valence-corrected chi connectivity index (χ1v) is 5.95. The smallest absolute Gasteiger partial charge is 0.208 e. The molecule has 1 N–H and O–H groups in total. The van der Waals surface area contributed by atoms with Gasteiger partial charge in [0.05, 0.1) is 30.0 Å². The average Bonchev–Trinajstić information content (AvgIpc) is 2.89. The van der Waals surface area contributed by atoms with Crippen molar-refractivity contribution in [1.82, 2.24) is 10.3 Å². The first-order chi connectivity index (χ1) is 7.79. The van der Waals surface area contributed by atoms with Crippen LogP contribution in [0.3, 0.4) is 0 Å². The second-order valence-corrected chi connectivity index (χ2v) is 4.22. The Hall–Kier alpha value is -1.07. The van der Waals surface area contributed by atoms with E-state index in [1.807, 2.05) is 13.0 Å². The van der Waals surface area contributed by atoms with Crippen LogP contribution >= 0.6 is 15.9 Å². The third kappa shape index (κ3) is 2.74. The highest BCUT2D eigenvalue weighted by molar-refractivity contribution is 9.10. The number of oxazole rings is 1. The molecule has 16 heavy (non-hydrogen) atoms. The molecule has 0 spiro atoms. The van der Waals surface area contributed by atoms with Crippen molar-refractivity contribution in [3.05, 3.63) is 40.4 Å². The number of halogens is 1. The van der Waals surface area contributed by atoms with Crippen molar-refractivity contribution >= 4 is 15.9 Å². The van der Waals surface area contributed by atoms with E-state index in [0.717, 1.165) is 22.4 Å². The Kier molecular flexibility index (Phi) is 3.79. The van der Waals surface area contributed by atoms with Crippen molar-refractivity contribution in [2.75, 3.05) is 0 Å². The molecule has 0 saturated carbocycles. The van der Waals surface area contributed by atoms with E-state index in [1.54, 1.807) is 12.5 Å². The van der Waals surface area contributed by atoms with Gasteiger partial charge >= 0.3 is 0 Å². The molecule has 2 aromatic rings. The number of hydrogen-bond donors (Lipinski definition) is 1.